The van der Waals surface area contributed by atoms with E-state index in [1.54, 1.807) is 0 Å². The molecule has 388 valence electrons. The minimum Gasteiger partial charge on any atom is -0.462 e. The second-order valence-corrected chi connectivity index (χ2v) is 20.2. The van der Waals surface area contributed by atoms with Gasteiger partial charge in [-0.3, -0.25) is 18.6 Å². The first-order chi connectivity index (χ1) is 32.3. The number of esters is 2. The van der Waals surface area contributed by atoms with E-state index in [0.29, 0.717) is 6.42 Å². The van der Waals surface area contributed by atoms with Crippen LogP contribution in [0.4, 0.5) is 0 Å². The molecule has 10 heteroatoms. The van der Waals surface area contributed by atoms with Crippen LogP contribution in [0.2, 0.25) is 0 Å². The van der Waals surface area contributed by atoms with Gasteiger partial charge in [-0.25, -0.2) is 4.57 Å². The molecule has 0 heterocycles. The highest BCUT2D eigenvalue weighted by molar-refractivity contribution is 7.47. The number of rotatable bonds is 53. The average Bonchev–Trinajstić information content (AvgIpc) is 3.31. The first-order valence-corrected chi connectivity index (χ1v) is 29.5. The number of nitrogens with two attached hydrogens (primary N) is 1. The number of phosphoric acid groups is 1. The highest BCUT2D eigenvalue weighted by atomic mass is 31.2. The summed E-state index contributed by atoms with van der Waals surface area (Å²) in [4.78, 5) is 35.1. The molecule has 0 bridgehead atoms. The molecule has 0 aliphatic heterocycles. The third-order valence-corrected chi connectivity index (χ3v) is 13.3. The Labute approximate surface area is 407 Å². The smallest absolute Gasteiger partial charge is 0.462 e. The van der Waals surface area contributed by atoms with Gasteiger partial charge in [0.15, 0.2) is 6.10 Å². The lowest BCUT2D eigenvalue weighted by molar-refractivity contribution is -0.161. The van der Waals surface area contributed by atoms with E-state index < -0.39 is 26.5 Å². The zero-order valence-corrected chi connectivity index (χ0v) is 44.1. The molecule has 0 aromatic rings. The minimum atomic E-state index is -4.39. The summed E-state index contributed by atoms with van der Waals surface area (Å²) in [7, 11) is -4.39. The minimum absolute atomic E-state index is 0.0524. The lowest BCUT2D eigenvalue weighted by atomic mass is 10.0. The van der Waals surface area contributed by atoms with Crippen molar-refractivity contribution in [1.82, 2.24) is 0 Å². The van der Waals surface area contributed by atoms with Gasteiger partial charge < -0.3 is 20.1 Å². The molecule has 0 aliphatic carbocycles. The van der Waals surface area contributed by atoms with Crippen LogP contribution in [0.25, 0.3) is 0 Å². The summed E-state index contributed by atoms with van der Waals surface area (Å²) in [6.45, 7) is 3.66. The molecule has 0 radical (unpaired) electrons. The van der Waals surface area contributed by atoms with Gasteiger partial charge in [-0.05, 0) is 44.9 Å². The third-order valence-electron chi connectivity index (χ3n) is 12.3. The maximum absolute atomic E-state index is 12.7. The number of allylic oxidation sites excluding steroid dienone is 6. The van der Waals surface area contributed by atoms with Crippen molar-refractivity contribution in [1.29, 1.82) is 0 Å². The summed E-state index contributed by atoms with van der Waals surface area (Å²) in [6, 6.07) is 0. The summed E-state index contributed by atoms with van der Waals surface area (Å²) < 4.78 is 33.0. The normalized spacial score (nSPS) is 13.3. The Hall–Kier alpha value is -1.77. The first-order valence-electron chi connectivity index (χ1n) is 28.0. The van der Waals surface area contributed by atoms with Gasteiger partial charge in [-0.15, -0.1) is 0 Å². The van der Waals surface area contributed by atoms with Crippen molar-refractivity contribution < 1.29 is 37.6 Å². The van der Waals surface area contributed by atoms with E-state index in [4.69, 9.17) is 24.3 Å². The molecular formula is C56H106NO8P. The Morgan fingerprint density at radius 2 is 0.833 bits per heavy atom. The Kier molecular flexibility index (Phi) is 51.2. The number of carbonyl (C=O) groups is 2. The number of carbonyl (C=O) groups excluding carboxylic acids is 2. The molecule has 66 heavy (non-hydrogen) atoms. The average molecular weight is 952 g/mol. The highest BCUT2D eigenvalue weighted by Gasteiger charge is 2.26. The van der Waals surface area contributed by atoms with E-state index in [-0.39, 0.29) is 38.6 Å². The zero-order chi connectivity index (χ0) is 48.1. The molecule has 0 amide bonds. The quantitative estimate of drug-likeness (QED) is 0.0264. The van der Waals surface area contributed by atoms with Crippen LogP contribution in [-0.4, -0.2) is 49.3 Å². The molecule has 0 saturated heterocycles. The van der Waals surface area contributed by atoms with Crippen LogP contribution >= 0.6 is 7.82 Å². The molecule has 0 fully saturated rings. The third kappa shape index (κ3) is 51.6. The Balaban J connectivity index is 3.90. The molecule has 0 aromatic carbocycles. The van der Waals surface area contributed by atoms with Crippen LogP contribution in [0, 0.1) is 0 Å². The van der Waals surface area contributed by atoms with Gasteiger partial charge in [0, 0.05) is 19.4 Å². The molecular weight excluding hydrogens is 846 g/mol. The van der Waals surface area contributed by atoms with Crippen molar-refractivity contribution in [3.63, 3.8) is 0 Å². The zero-order valence-electron chi connectivity index (χ0n) is 43.2. The highest BCUT2D eigenvalue weighted by Crippen LogP contribution is 2.43. The monoisotopic (exact) mass is 952 g/mol. The number of hydrogen-bond acceptors (Lipinski definition) is 8. The van der Waals surface area contributed by atoms with Crippen LogP contribution < -0.4 is 5.73 Å². The van der Waals surface area contributed by atoms with Crippen molar-refractivity contribution in [2.24, 2.45) is 5.73 Å². The molecule has 9 nitrogen and oxygen atoms in total. The van der Waals surface area contributed by atoms with Gasteiger partial charge in [0.25, 0.3) is 0 Å². The van der Waals surface area contributed by atoms with Crippen LogP contribution in [0.5, 0.6) is 0 Å². The molecule has 2 unspecified atom stereocenters. The maximum atomic E-state index is 12.7. The maximum Gasteiger partial charge on any atom is 0.472 e. The van der Waals surface area contributed by atoms with Gasteiger partial charge in [0.2, 0.25) is 0 Å². The van der Waals surface area contributed by atoms with E-state index in [2.05, 4.69) is 50.3 Å². The first kappa shape index (κ1) is 64.2. The molecule has 0 aliphatic rings. The summed E-state index contributed by atoms with van der Waals surface area (Å²) in [5.41, 5.74) is 5.37. The summed E-state index contributed by atoms with van der Waals surface area (Å²) in [5, 5.41) is 0. The number of phosphoric ester groups is 1. The Bertz CT molecular complexity index is 1180. The van der Waals surface area contributed by atoms with E-state index in [9.17, 15) is 19.0 Å². The number of ether oxygens (including phenoxy) is 2. The Morgan fingerprint density at radius 1 is 0.470 bits per heavy atom. The predicted molar refractivity (Wildman–Crippen MR) is 280 cm³/mol. The van der Waals surface area contributed by atoms with E-state index in [1.807, 2.05) is 0 Å². The van der Waals surface area contributed by atoms with E-state index >= 15 is 0 Å². The van der Waals surface area contributed by atoms with Crippen LogP contribution in [0.15, 0.2) is 36.5 Å². The molecule has 3 N–H and O–H groups in total. The van der Waals surface area contributed by atoms with Crippen molar-refractivity contribution in [2.75, 3.05) is 26.4 Å². The van der Waals surface area contributed by atoms with Gasteiger partial charge >= 0.3 is 19.8 Å². The second kappa shape index (κ2) is 52.6. The fourth-order valence-corrected chi connectivity index (χ4v) is 8.95. The fourth-order valence-electron chi connectivity index (χ4n) is 8.18. The van der Waals surface area contributed by atoms with E-state index in [1.165, 1.54) is 180 Å². The molecule has 2 atom stereocenters. The summed E-state index contributed by atoms with van der Waals surface area (Å²) in [5.74, 6) is -0.827. The SMILES string of the molecule is CC/C=C\C/C=C\C/C=C\CCCCCCCCCC(=O)OC(COC(=O)CCCCCCCCCCCCCCCCCCCCCCCCCCCCCC)COP(=O)(O)OCCN. The Morgan fingerprint density at radius 3 is 1.24 bits per heavy atom. The van der Waals surface area contributed by atoms with Crippen LogP contribution in [0.3, 0.4) is 0 Å². The van der Waals surface area contributed by atoms with Crippen LogP contribution in [0.1, 0.15) is 277 Å². The van der Waals surface area contributed by atoms with Crippen molar-refractivity contribution >= 4 is 19.8 Å². The fraction of sp³-hybridized carbons (Fsp3) is 0.857. The number of hydrogen-bond donors (Lipinski definition) is 2. The van der Waals surface area contributed by atoms with Gasteiger partial charge in [-0.2, -0.15) is 0 Å². The molecule has 0 saturated carbocycles. The molecule has 0 rings (SSSR count). The van der Waals surface area contributed by atoms with Crippen LogP contribution in [-0.2, 0) is 32.7 Å². The summed E-state index contributed by atoms with van der Waals surface area (Å²) in [6.07, 6.45) is 62.1. The van der Waals surface area contributed by atoms with Gasteiger partial charge in [0.05, 0.1) is 13.2 Å². The standard InChI is InChI=1S/C56H106NO8P/c1-3-5-7-9-11-13-15-17-19-21-22-23-24-25-26-27-28-29-30-31-33-34-36-38-40-42-44-46-48-55(58)62-52-54(53-64-66(60,61)63-51-50-57)65-56(59)49-47-45-43-41-39-37-35-32-20-18-16-14-12-10-8-6-4-2/h6,8,12,14,18,20,54H,3-5,7,9-11,13,15-17,19,21-53,57H2,1-2H3,(H,60,61)/b8-6-,14-12-,20-18-. The van der Waals surface area contributed by atoms with Crippen molar-refractivity contribution in [3.8, 4) is 0 Å². The van der Waals surface area contributed by atoms with Crippen molar-refractivity contribution in [2.45, 2.75) is 283 Å². The predicted octanol–water partition coefficient (Wildman–Crippen LogP) is 17.2. The van der Waals surface area contributed by atoms with Gasteiger partial charge in [-0.1, -0.05) is 256 Å². The number of unbranched alkanes of at least 4 members (excludes halogenated alkanes) is 34. The second-order valence-electron chi connectivity index (χ2n) is 18.8. The topological polar surface area (TPSA) is 134 Å². The largest absolute Gasteiger partial charge is 0.472 e. The molecule has 0 spiro atoms. The van der Waals surface area contributed by atoms with Gasteiger partial charge in [0.1, 0.15) is 6.61 Å². The van der Waals surface area contributed by atoms with Crippen molar-refractivity contribution in [3.05, 3.63) is 36.5 Å². The lowest BCUT2D eigenvalue weighted by Crippen LogP contribution is -2.29. The summed E-state index contributed by atoms with van der Waals surface area (Å²) >= 11 is 0. The molecule has 0 aromatic heterocycles. The van der Waals surface area contributed by atoms with E-state index in [0.717, 1.165) is 64.2 Å². The lowest BCUT2D eigenvalue weighted by Gasteiger charge is -2.19.